The minimum Gasteiger partial charge on any atom is -0.314 e. The van der Waals surface area contributed by atoms with Crippen molar-refractivity contribution in [3.05, 3.63) is 35.4 Å². The van der Waals surface area contributed by atoms with Gasteiger partial charge in [-0.05, 0) is 37.3 Å². The maximum absolute atomic E-state index is 12.2. The van der Waals surface area contributed by atoms with Gasteiger partial charge in [0.1, 0.15) is 0 Å². The number of Topliss-reactive ketones (excluding diaryl/α,β-unsaturated/α-hetero) is 1. The fourth-order valence-electron chi connectivity index (χ4n) is 2.64. The van der Waals surface area contributed by atoms with E-state index in [9.17, 15) is 4.79 Å². The van der Waals surface area contributed by atoms with E-state index in [0.29, 0.717) is 12.5 Å². The zero-order valence-corrected chi connectivity index (χ0v) is 11.4. The number of hydrogen-bond donors (Lipinski definition) is 1. The van der Waals surface area contributed by atoms with E-state index in [2.05, 4.69) is 31.3 Å². The van der Waals surface area contributed by atoms with Gasteiger partial charge in [-0.25, -0.2) is 0 Å². The third-order valence-electron chi connectivity index (χ3n) is 3.87. The summed E-state index contributed by atoms with van der Waals surface area (Å²) in [7, 11) is 0. The van der Waals surface area contributed by atoms with Crippen LogP contribution in [0.5, 0.6) is 0 Å². The number of piperidine rings is 1. The predicted molar refractivity (Wildman–Crippen MR) is 75.0 cm³/mol. The molecule has 18 heavy (non-hydrogen) atoms. The topological polar surface area (TPSA) is 29.1 Å². The molecule has 0 spiro atoms. The fraction of sp³-hybridized carbons (Fsp3) is 0.562. The minimum absolute atomic E-state index is 0.268. The second-order valence-electron chi connectivity index (χ2n) is 5.46. The van der Waals surface area contributed by atoms with Crippen LogP contribution in [0, 0.1) is 5.92 Å². The molecule has 1 aliphatic rings. The van der Waals surface area contributed by atoms with Crippen molar-refractivity contribution in [2.75, 3.05) is 6.54 Å². The molecule has 1 aromatic carbocycles. The molecule has 2 atom stereocenters. The van der Waals surface area contributed by atoms with E-state index in [1.54, 1.807) is 0 Å². The van der Waals surface area contributed by atoms with Crippen LogP contribution in [0.25, 0.3) is 0 Å². The largest absolute Gasteiger partial charge is 0.314 e. The Morgan fingerprint density at radius 3 is 2.67 bits per heavy atom. The molecule has 2 heteroatoms. The van der Waals surface area contributed by atoms with Crippen molar-refractivity contribution in [3.8, 4) is 0 Å². The molecule has 0 amide bonds. The lowest BCUT2D eigenvalue weighted by Crippen LogP contribution is -2.38. The predicted octanol–water partition coefficient (Wildman–Crippen LogP) is 3.21. The molecule has 1 N–H and O–H groups in total. The Bertz CT molecular complexity index is 396. The lowest BCUT2D eigenvalue weighted by atomic mass is 9.90. The summed E-state index contributed by atoms with van der Waals surface area (Å²) in [5.41, 5.74) is 2.14. The molecule has 0 aliphatic carbocycles. The van der Waals surface area contributed by atoms with E-state index in [1.807, 2.05) is 12.1 Å². The van der Waals surface area contributed by atoms with Crippen LogP contribution in [-0.2, 0) is 6.42 Å². The van der Waals surface area contributed by atoms with E-state index in [1.165, 1.54) is 12.0 Å². The first-order valence-corrected chi connectivity index (χ1v) is 7.04. The summed E-state index contributed by atoms with van der Waals surface area (Å²) in [6.45, 7) is 5.45. The monoisotopic (exact) mass is 245 g/mol. The summed E-state index contributed by atoms with van der Waals surface area (Å²) in [5.74, 6) is 1.01. The molecular weight excluding hydrogens is 222 g/mol. The quantitative estimate of drug-likeness (QED) is 0.825. The standard InChI is InChI=1S/C16H23NO/c1-3-13-4-6-14(7-5-13)16(18)11-15-10-12(2)8-9-17-15/h4-7,12,15,17H,3,8-11H2,1-2H3. The van der Waals surface area contributed by atoms with Crippen LogP contribution >= 0.6 is 0 Å². The molecule has 1 heterocycles. The number of hydrogen-bond acceptors (Lipinski definition) is 2. The summed E-state index contributed by atoms with van der Waals surface area (Å²) in [6, 6.07) is 8.42. The van der Waals surface area contributed by atoms with E-state index in [-0.39, 0.29) is 5.78 Å². The molecule has 0 radical (unpaired) electrons. The SMILES string of the molecule is CCc1ccc(C(=O)CC2CC(C)CCN2)cc1. The Morgan fingerprint density at radius 2 is 2.06 bits per heavy atom. The number of ketones is 1. The van der Waals surface area contributed by atoms with Crippen LogP contribution in [0.15, 0.2) is 24.3 Å². The van der Waals surface area contributed by atoms with Crippen molar-refractivity contribution in [3.63, 3.8) is 0 Å². The summed E-state index contributed by atoms with van der Waals surface area (Å²) in [4.78, 5) is 12.2. The van der Waals surface area contributed by atoms with Gasteiger partial charge in [0.25, 0.3) is 0 Å². The molecule has 0 aromatic heterocycles. The maximum Gasteiger partial charge on any atom is 0.164 e. The van der Waals surface area contributed by atoms with Crippen molar-refractivity contribution in [2.24, 2.45) is 5.92 Å². The third kappa shape index (κ3) is 3.42. The molecule has 0 saturated carbocycles. The molecule has 1 fully saturated rings. The molecule has 98 valence electrons. The Labute approximate surface area is 110 Å². The fourth-order valence-corrected chi connectivity index (χ4v) is 2.64. The van der Waals surface area contributed by atoms with Crippen molar-refractivity contribution in [1.82, 2.24) is 5.32 Å². The van der Waals surface area contributed by atoms with E-state index in [0.717, 1.165) is 30.9 Å². The van der Waals surface area contributed by atoms with Gasteiger partial charge in [-0.1, -0.05) is 38.1 Å². The van der Waals surface area contributed by atoms with Gasteiger partial charge in [0.15, 0.2) is 5.78 Å². The van der Waals surface area contributed by atoms with Gasteiger partial charge >= 0.3 is 0 Å². The van der Waals surface area contributed by atoms with E-state index >= 15 is 0 Å². The normalized spacial score (nSPS) is 23.9. The van der Waals surface area contributed by atoms with Crippen LogP contribution in [0.2, 0.25) is 0 Å². The van der Waals surface area contributed by atoms with Crippen LogP contribution in [0.1, 0.15) is 49.0 Å². The number of carbonyl (C=O) groups excluding carboxylic acids is 1. The highest BCUT2D eigenvalue weighted by Gasteiger charge is 2.21. The summed E-state index contributed by atoms with van der Waals surface area (Å²) in [6.07, 6.45) is 4.01. The average Bonchev–Trinajstić information content (AvgIpc) is 2.39. The Kier molecular flexibility index (Phi) is 4.54. The Balaban J connectivity index is 1.94. The molecule has 2 nitrogen and oxygen atoms in total. The average molecular weight is 245 g/mol. The zero-order chi connectivity index (χ0) is 13.0. The lowest BCUT2D eigenvalue weighted by Gasteiger charge is -2.27. The minimum atomic E-state index is 0.268. The first-order chi connectivity index (χ1) is 8.69. The van der Waals surface area contributed by atoms with Gasteiger partial charge in [-0.3, -0.25) is 4.79 Å². The second kappa shape index (κ2) is 6.14. The molecule has 0 bridgehead atoms. The maximum atomic E-state index is 12.2. The molecule has 2 rings (SSSR count). The highest BCUT2D eigenvalue weighted by atomic mass is 16.1. The van der Waals surface area contributed by atoms with E-state index < -0.39 is 0 Å². The second-order valence-corrected chi connectivity index (χ2v) is 5.46. The van der Waals surface area contributed by atoms with Gasteiger partial charge in [-0.2, -0.15) is 0 Å². The highest BCUT2D eigenvalue weighted by Crippen LogP contribution is 2.19. The number of rotatable bonds is 4. The van der Waals surface area contributed by atoms with Gasteiger partial charge < -0.3 is 5.32 Å². The van der Waals surface area contributed by atoms with Gasteiger partial charge in [0, 0.05) is 18.0 Å². The zero-order valence-electron chi connectivity index (χ0n) is 11.4. The summed E-state index contributed by atoms with van der Waals surface area (Å²) >= 11 is 0. The van der Waals surface area contributed by atoms with Gasteiger partial charge in [0.05, 0.1) is 0 Å². The van der Waals surface area contributed by atoms with Crippen LogP contribution in [0.4, 0.5) is 0 Å². The first kappa shape index (κ1) is 13.3. The van der Waals surface area contributed by atoms with Crippen molar-refractivity contribution < 1.29 is 4.79 Å². The van der Waals surface area contributed by atoms with Gasteiger partial charge in [0.2, 0.25) is 0 Å². The number of aryl methyl sites for hydroxylation is 1. The summed E-state index contributed by atoms with van der Waals surface area (Å²) < 4.78 is 0. The number of carbonyl (C=O) groups is 1. The Morgan fingerprint density at radius 1 is 1.33 bits per heavy atom. The van der Waals surface area contributed by atoms with Crippen LogP contribution in [0.3, 0.4) is 0 Å². The van der Waals surface area contributed by atoms with Crippen molar-refractivity contribution in [2.45, 2.75) is 45.6 Å². The summed E-state index contributed by atoms with van der Waals surface area (Å²) in [5, 5.41) is 3.45. The van der Waals surface area contributed by atoms with Crippen molar-refractivity contribution >= 4 is 5.78 Å². The van der Waals surface area contributed by atoms with Crippen LogP contribution < -0.4 is 5.32 Å². The first-order valence-electron chi connectivity index (χ1n) is 7.04. The van der Waals surface area contributed by atoms with Gasteiger partial charge in [-0.15, -0.1) is 0 Å². The smallest absolute Gasteiger partial charge is 0.164 e. The highest BCUT2D eigenvalue weighted by molar-refractivity contribution is 5.96. The van der Waals surface area contributed by atoms with Crippen molar-refractivity contribution in [1.29, 1.82) is 0 Å². The molecule has 2 unspecified atom stereocenters. The third-order valence-corrected chi connectivity index (χ3v) is 3.87. The molecular formula is C16H23NO. The molecule has 1 aromatic rings. The lowest BCUT2D eigenvalue weighted by molar-refractivity contribution is 0.0959. The Hall–Kier alpha value is -1.15. The van der Waals surface area contributed by atoms with E-state index in [4.69, 9.17) is 0 Å². The number of benzene rings is 1. The number of nitrogens with one attached hydrogen (secondary N) is 1. The molecule has 1 aliphatic heterocycles. The van der Waals surface area contributed by atoms with Crippen LogP contribution in [-0.4, -0.2) is 18.4 Å². The molecule has 1 saturated heterocycles.